The van der Waals surface area contributed by atoms with E-state index >= 15 is 0 Å². The van der Waals surface area contributed by atoms with E-state index in [-0.39, 0.29) is 0 Å². The summed E-state index contributed by atoms with van der Waals surface area (Å²) in [5, 5.41) is 3.77. The van der Waals surface area contributed by atoms with Crippen molar-refractivity contribution in [3.8, 4) is 0 Å². The van der Waals surface area contributed by atoms with Crippen LogP contribution in [0.15, 0.2) is 18.3 Å². The van der Waals surface area contributed by atoms with E-state index < -0.39 is 0 Å². The summed E-state index contributed by atoms with van der Waals surface area (Å²) in [7, 11) is 2.26. The number of likely N-dealkylation sites (tertiary alicyclic amines) is 1. The average Bonchev–Trinajstić information content (AvgIpc) is 2.46. The Bertz CT molecular complexity index is 418. The lowest BCUT2D eigenvalue weighted by molar-refractivity contribution is 0.176. The summed E-state index contributed by atoms with van der Waals surface area (Å²) < 4.78 is 0. The molecule has 0 amide bonds. The molecule has 3 nitrogen and oxygen atoms in total. The number of hydrogen-bond acceptors (Lipinski definition) is 3. The van der Waals surface area contributed by atoms with Gasteiger partial charge in [0.1, 0.15) is 0 Å². The summed E-state index contributed by atoms with van der Waals surface area (Å²) in [6.07, 6.45) is 9.75. The molecule has 1 N–H and O–H groups in total. The first-order chi connectivity index (χ1) is 9.34. The zero-order valence-electron chi connectivity index (χ0n) is 11.9. The van der Waals surface area contributed by atoms with Crippen LogP contribution in [0.5, 0.6) is 0 Å². The highest BCUT2D eigenvalue weighted by Gasteiger charge is 2.24. The molecule has 0 radical (unpaired) electrons. The lowest BCUT2D eigenvalue weighted by atomic mass is 9.91. The fraction of sp³-hybridized carbons (Fsp3) is 0.688. The molecule has 0 saturated carbocycles. The minimum absolute atomic E-state index is 0.472. The summed E-state index contributed by atoms with van der Waals surface area (Å²) in [6.45, 7) is 2.36. The third kappa shape index (κ3) is 2.98. The van der Waals surface area contributed by atoms with Gasteiger partial charge in [0.05, 0.1) is 5.69 Å². The van der Waals surface area contributed by atoms with Crippen molar-refractivity contribution < 1.29 is 0 Å². The molecule has 104 valence electrons. The summed E-state index contributed by atoms with van der Waals surface area (Å²) in [6, 6.07) is 5.49. The molecule has 2 heterocycles. The SMILES string of the molecule is CN1CCCCC1CNC1CCCc2cccnc21. The van der Waals surface area contributed by atoms with Crippen LogP contribution < -0.4 is 5.32 Å². The standard InChI is InChI=1S/C16H25N3/c1-19-11-3-2-8-14(19)12-18-15-9-4-6-13-7-5-10-17-16(13)15/h5,7,10,14-15,18H,2-4,6,8-9,11-12H2,1H3. The minimum Gasteiger partial charge on any atom is -0.307 e. The van der Waals surface area contributed by atoms with E-state index in [0.717, 1.165) is 6.54 Å². The van der Waals surface area contributed by atoms with Gasteiger partial charge in [-0.2, -0.15) is 0 Å². The van der Waals surface area contributed by atoms with Crippen molar-refractivity contribution in [1.82, 2.24) is 15.2 Å². The quantitative estimate of drug-likeness (QED) is 0.904. The van der Waals surface area contributed by atoms with Gasteiger partial charge >= 0.3 is 0 Å². The second-order valence-electron chi connectivity index (χ2n) is 6.03. The van der Waals surface area contributed by atoms with Crippen LogP contribution in [0.2, 0.25) is 0 Å². The van der Waals surface area contributed by atoms with Gasteiger partial charge < -0.3 is 10.2 Å². The minimum atomic E-state index is 0.472. The van der Waals surface area contributed by atoms with Crippen molar-refractivity contribution in [1.29, 1.82) is 0 Å². The monoisotopic (exact) mass is 259 g/mol. The zero-order chi connectivity index (χ0) is 13.1. The number of rotatable bonds is 3. The normalized spacial score (nSPS) is 28.1. The highest BCUT2D eigenvalue weighted by atomic mass is 15.2. The highest BCUT2D eigenvalue weighted by molar-refractivity contribution is 5.25. The fourth-order valence-electron chi connectivity index (χ4n) is 3.49. The van der Waals surface area contributed by atoms with Crippen molar-refractivity contribution in [2.75, 3.05) is 20.1 Å². The van der Waals surface area contributed by atoms with E-state index in [1.54, 1.807) is 0 Å². The molecule has 3 heteroatoms. The lowest BCUT2D eigenvalue weighted by Gasteiger charge is -2.34. The van der Waals surface area contributed by atoms with Gasteiger partial charge in [-0.05, 0) is 57.3 Å². The van der Waals surface area contributed by atoms with Crippen LogP contribution in [-0.4, -0.2) is 36.1 Å². The number of nitrogens with one attached hydrogen (secondary N) is 1. The molecule has 0 aromatic carbocycles. The Balaban J connectivity index is 1.61. The summed E-state index contributed by atoms with van der Waals surface area (Å²) in [5.74, 6) is 0. The van der Waals surface area contributed by atoms with E-state index in [4.69, 9.17) is 0 Å². The Labute approximate surface area is 116 Å². The maximum Gasteiger partial charge on any atom is 0.0605 e. The molecular weight excluding hydrogens is 234 g/mol. The number of hydrogen-bond donors (Lipinski definition) is 1. The predicted octanol–water partition coefficient (Wildman–Crippen LogP) is 2.53. The number of piperidine rings is 1. The molecule has 1 aliphatic carbocycles. The number of aromatic nitrogens is 1. The number of nitrogens with zero attached hydrogens (tertiary/aromatic N) is 2. The Morgan fingerprint density at radius 3 is 3.16 bits per heavy atom. The molecule has 2 atom stereocenters. The van der Waals surface area contributed by atoms with Crippen molar-refractivity contribution >= 4 is 0 Å². The number of fused-ring (bicyclic) bond motifs is 1. The molecule has 1 aliphatic heterocycles. The molecule has 1 fully saturated rings. The van der Waals surface area contributed by atoms with Crippen LogP contribution in [0, 0.1) is 0 Å². The lowest BCUT2D eigenvalue weighted by Crippen LogP contribution is -2.44. The molecule has 1 aromatic rings. The van der Waals surface area contributed by atoms with Gasteiger partial charge in [-0.3, -0.25) is 4.98 Å². The molecular formula is C16H25N3. The van der Waals surface area contributed by atoms with E-state index in [1.807, 2.05) is 6.20 Å². The maximum atomic E-state index is 4.61. The molecule has 0 bridgehead atoms. The average molecular weight is 259 g/mol. The van der Waals surface area contributed by atoms with E-state index in [2.05, 4.69) is 34.4 Å². The summed E-state index contributed by atoms with van der Waals surface area (Å²) >= 11 is 0. The van der Waals surface area contributed by atoms with Gasteiger partial charge in [0, 0.05) is 24.8 Å². The molecule has 3 rings (SSSR count). The van der Waals surface area contributed by atoms with E-state index in [0.29, 0.717) is 12.1 Å². The van der Waals surface area contributed by atoms with Gasteiger partial charge in [-0.25, -0.2) is 0 Å². The molecule has 1 aromatic heterocycles. The Morgan fingerprint density at radius 2 is 2.26 bits per heavy atom. The van der Waals surface area contributed by atoms with Gasteiger partial charge in [0.25, 0.3) is 0 Å². The second kappa shape index (κ2) is 6.02. The van der Waals surface area contributed by atoms with Crippen LogP contribution in [0.4, 0.5) is 0 Å². The highest BCUT2D eigenvalue weighted by Crippen LogP contribution is 2.28. The Hall–Kier alpha value is -0.930. The second-order valence-corrected chi connectivity index (χ2v) is 6.03. The molecule has 1 saturated heterocycles. The number of likely N-dealkylation sites (N-methyl/N-ethyl adjacent to an activating group) is 1. The first kappa shape index (κ1) is 13.1. The summed E-state index contributed by atoms with van der Waals surface area (Å²) in [5.41, 5.74) is 2.75. The van der Waals surface area contributed by atoms with Crippen LogP contribution in [0.25, 0.3) is 0 Å². The van der Waals surface area contributed by atoms with Gasteiger partial charge in [0.2, 0.25) is 0 Å². The molecule has 2 unspecified atom stereocenters. The fourth-order valence-corrected chi connectivity index (χ4v) is 3.49. The van der Waals surface area contributed by atoms with Crippen LogP contribution in [0.3, 0.4) is 0 Å². The Morgan fingerprint density at radius 1 is 1.32 bits per heavy atom. The van der Waals surface area contributed by atoms with E-state index in [1.165, 1.54) is 56.3 Å². The number of pyridine rings is 1. The zero-order valence-corrected chi connectivity index (χ0v) is 11.9. The maximum absolute atomic E-state index is 4.61. The van der Waals surface area contributed by atoms with Crippen molar-refractivity contribution in [3.63, 3.8) is 0 Å². The van der Waals surface area contributed by atoms with E-state index in [9.17, 15) is 0 Å². The largest absolute Gasteiger partial charge is 0.307 e. The smallest absolute Gasteiger partial charge is 0.0605 e. The summed E-state index contributed by atoms with van der Waals surface area (Å²) in [4.78, 5) is 7.12. The van der Waals surface area contributed by atoms with Gasteiger partial charge in [-0.15, -0.1) is 0 Å². The van der Waals surface area contributed by atoms with Crippen LogP contribution in [0.1, 0.15) is 49.4 Å². The van der Waals surface area contributed by atoms with Crippen molar-refractivity contribution in [3.05, 3.63) is 29.6 Å². The topological polar surface area (TPSA) is 28.2 Å². The Kier molecular flexibility index (Phi) is 4.14. The van der Waals surface area contributed by atoms with Crippen LogP contribution in [-0.2, 0) is 6.42 Å². The molecule has 2 aliphatic rings. The molecule has 19 heavy (non-hydrogen) atoms. The third-order valence-corrected chi connectivity index (χ3v) is 4.72. The predicted molar refractivity (Wildman–Crippen MR) is 78.2 cm³/mol. The van der Waals surface area contributed by atoms with Gasteiger partial charge in [-0.1, -0.05) is 12.5 Å². The third-order valence-electron chi connectivity index (χ3n) is 4.72. The first-order valence-electron chi connectivity index (χ1n) is 7.72. The van der Waals surface area contributed by atoms with Crippen molar-refractivity contribution in [2.45, 2.75) is 50.6 Å². The molecule has 0 spiro atoms. The first-order valence-corrected chi connectivity index (χ1v) is 7.72. The van der Waals surface area contributed by atoms with Crippen molar-refractivity contribution in [2.24, 2.45) is 0 Å². The number of aryl methyl sites for hydroxylation is 1. The van der Waals surface area contributed by atoms with Gasteiger partial charge in [0.15, 0.2) is 0 Å². The van der Waals surface area contributed by atoms with Crippen LogP contribution >= 0.6 is 0 Å².